The van der Waals surface area contributed by atoms with Gasteiger partial charge < -0.3 is 15.4 Å². The molecule has 0 aliphatic heterocycles. The lowest BCUT2D eigenvalue weighted by atomic mass is 10.2. The number of carbonyl (C=O) groups is 1. The number of pyridine rings is 1. The number of methoxy groups -OCH3 is 1. The molecule has 0 aromatic carbocycles. The lowest BCUT2D eigenvalue weighted by Gasteiger charge is -2.09. The van der Waals surface area contributed by atoms with Crippen LogP contribution in [0.5, 0.6) is 0 Å². The SMILES string of the molecule is CCCNc1nccc(C(=O)NCCOC)c1F. The van der Waals surface area contributed by atoms with Crippen molar-refractivity contribution in [3.63, 3.8) is 0 Å². The van der Waals surface area contributed by atoms with Crippen LogP contribution >= 0.6 is 0 Å². The van der Waals surface area contributed by atoms with Crippen molar-refractivity contribution in [1.29, 1.82) is 0 Å². The second kappa shape index (κ2) is 7.60. The molecule has 6 heteroatoms. The number of amides is 1. The molecule has 0 saturated heterocycles. The zero-order valence-corrected chi connectivity index (χ0v) is 10.6. The Balaban J connectivity index is 2.72. The fourth-order valence-corrected chi connectivity index (χ4v) is 1.35. The van der Waals surface area contributed by atoms with Crippen LogP contribution in [0.1, 0.15) is 23.7 Å². The number of rotatable bonds is 7. The maximum atomic E-state index is 13.9. The lowest BCUT2D eigenvalue weighted by Crippen LogP contribution is -2.28. The molecule has 0 atom stereocenters. The zero-order chi connectivity index (χ0) is 13.4. The molecule has 0 aliphatic rings. The Labute approximate surface area is 106 Å². The molecular formula is C12H18FN3O2. The molecule has 1 amide bonds. The highest BCUT2D eigenvalue weighted by atomic mass is 19.1. The van der Waals surface area contributed by atoms with Crippen LogP contribution in [0.2, 0.25) is 0 Å². The van der Waals surface area contributed by atoms with Crippen LogP contribution in [0, 0.1) is 5.82 Å². The molecule has 0 spiro atoms. The van der Waals surface area contributed by atoms with E-state index in [1.165, 1.54) is 19.4 Å². The minimum Gasteiger partial charge on any atom is -0.383 e. The fraction of sp³-hybridized carbons (Fsp3) is 0.500. The van der Waals surface area contributed by atoms with Crippen molar-refractivity contribution in [3.05, 3.63) is 23.6 Å². The molecule has 5 nitrogen and oxygen atoms in total. The number of ether oxygens (including phenoxy) is 1. The predicted octanol–water partition coefficient (Wildman–Crippen LogP) is 1.42. The quantitative estimate of drug-likeness (QED) is 0.723. The Morgan fingerprint density at radius 1 is 1.50 bits per heavy atom. The average Bonchev–Trinajstić information content (AvgIpc) is 2.37. The monoisotopic (exact) mass is 255 g/mol. The van der Waals surface area contributed by atoms with Crippen molar-refractivity contribution < 1.29 is 13.9 Å². The smallest absolute Gasteiger partial charge is 0.254 e. The van der Waals surface area contributed by atoms with Gasteiger partial charge in [-0.3, -0.25) is 4.79 Å². The van der Waals surface area contributed by atoms with E-state index in [2.05, 4.69) is 15.6 Å². The van der Waals surface area contributed by atoms with Gasteiger partial charge in [0, 0.05) is 26.4 Å². The highest BCUT2D eigenvalue weighted by Gasteiger charge is 2.15. The topological polar surface area (TPSA) is 63.2 Å². The van der Waals surface area contributed by atoms with Crippen LogP contribution in [-0.4, -0.2) is 37.7 Å². The lowest BCUT2D eigenvalue weighted by molar-refractivity contribution is 0.0933. The molecule has 1 rings (SSSR count). The van der Waals surface area contributed by atoms with E-state index in [1.807, 2.05) is 6.92 Å². The third-order valence-corrected chi connectivity index (χ3v) is 2.27. The standard InChI is InChI=1S/C12H18FN3O2/c1-3-5-14-11-10(13)9(4-6-15-11)12(17)16-7-8-18-2/h4,6H,3,5,7-8H2,1-2H3,(H,14,15)(H,16,17). The Kier molecular flexibility index (Phi) is 6.07. The summed E-state index contributed by atoms with van der Waals surface area (Å²) in [7, 11) is 1.53. The van der Waals surface area contributed by atoms with Crippen molar-refractivity contribution in [3.8, 4) is 0 Å². The molecular weight excluding hydrogens is 237 g/mol. The van der Waals surface area contributed by atoms with E-state index in [0.717, 1.165) is 6.42 Å². The van der Waals surface area contributed by atoms with Gasteiger partial charge in [0.05, 0.1) is 12.2 Å². The van der Waals surface area contributed by atoms with Crippen molar-refractivity contribution in [2.24, 2.45) is 0 Å². The summed E-state index contributed by atoms with van der Waals surface area (Å²) >= 11 is 0. The van der Waals surface area contributed by atoms with Gasteiger partial charge in [-0.25, -0.2) is 9.37 Å². The molecule has 0 bridgehead atoms. The Bertz CT molecular complexity index is 399. The molecule has 1 aromatic rings. The van der Waals surface area contributed by atoms with Crippen molar-refractivity contribution in [2.75, 3.05) is 32.1 Å². The van der Waals surface area contributed by atoms with Gasteiger partial charge in [0.2, 0.25) is 0 Å². The largest absolute Gasteiger partial charge is 0.383 e. The van der Waals surface area contributed by atoms with Crippen molar-refractivity contribution in [1.82, 2.24) is 10.3 Å². The number of anilines is 1. The summed E-state index contributed by atoms with van der Waals surface area (Å²) in [5.74, 6) is -0.983. The second-order valence-corrected chi connectivity index (χ2v) is 3.70. The van der Waals surface area contributed by atoms with E-state index in [0.29, 0.717) is 19.7 Å². The van der Waals surface area contributed by atoms with Crippen LogP contribution in [0.15, 0.2) is 12.3 Å². The molecule has 100 valence electrons. The second-order valence-electron chi connectivity index (χ2n) is 3.70. The summed E-state index contributed by atoms with van der Waals surface area (Å²) in [5, 5.41) is 5.40. The van der Waals surface area contributed by atoms with Crippen LogP contribution in [-0.2, 0) is 4.74 Å². The van der Waals surface area contributed by atoms with Gasteiger partial charge >= 0.3 is 0 Å². The van der Waals surface area contributed by atoms with E-state index in [-0.39, 0.29) is 11.4 Å². The van der Waals surface area contributed by atoms with Gasteiger partial charge in [-0.1, -0.05) is 6.92 Å². The third-order valence-electron chi connectivity index (χ3n) is 2.27. The first-order chi connectivity index (χ1) is 8.70. The fourth-order valence-electron chi connectivity index (χ4n) is 1.35. The van der Waals surface area contributed by atoms with Gasteiger partial charge in [-0.05, 0) is 12.5 Å². The van der Waals surface area contributed by atoms with Gasteiger partial charge in [0.25, 0.3) is 5.91 Å². The van der Waals surface area contributed by atoms with E-state index < -0.39 is 11.7 Å². The Hall–Kier alpha value is -1.69. The predicted molar refractivity (Wildman–Crippen MR) is 67.2 cm³/mol. The number of nitrogens with zero attached hydrogens (tertiary/aromatic N) is 1. The first kappa shape index (κ1) is 14.4. The molecule has 1 heterocycles. The highest BCUT2D eigenvalue weighted by molar-refractivity contribution is 5.95. The van der Waals surface area contributed by atoms with Gasteiger partial charge in [-0.2, -0.15) is 0 Å². The molecule has 2 N–H and O–H groups in total. The minimum absolute atomic E-state index is 0.0142. The number of nitrogens with one attached hydrogen (secondary N) is 2. The zero-order valence-electron chi connectivity index (χ0n) is 10.6. The molecule has 0 fully saturated rings. The highest BCUT2D eigenvalue weighted by Crippen LogP contribution is 2.14. The van der Waals surface area contributed by atoms with E-state index in [1.54, 1.807) is 0 Å². The van der Waals surface area contributed by atoms with Crippen molar-refractivity contribution in [2.45, 2.75) is 13.3 Å². The third kappa shape index (κ3) is 3.96. The Morgan fingerprint density at radius 2 is 2.28 bits per heavy atom. The minimum atomic E-state index is -0.624. The molecule has 0 saturated carbocycles. The number of hydrogen-bond acceptors (Lipinski definition) is 4. The van der Waals surface area contributed by atoms with E-state index in [9.17, 15) is 9.18 Å². The summed E-state index contributed by atoms with van der Waals surface area (Å²) < 4.78 is 18.7. The van der Waals surface area contributed by atoms with Crippen LogP contribution in [0.3, 0.4) is 0 Å². The first-order valence-electron chi connectivity index (χ1n) is 5.86. The van der Waals surface area contributed by atoms with Gasteiger partial charge in [-0.15, -0.1) is 0 Å². The molecule has 18 heavy (non-hydrogen) atoms. The molecule has 0 unspecified atom stereocenters. The summed E-state index contributed by atoms with van der Waals surface area (Å²) in [5.41, 5.74) is -0.0142. The molecule has 0 radical (unpaired) electrons. The van der Waals surface area contributed by atoms with Crippen molar-refractivity contribution >= 4 is 11.7 Å². The van der Waals surface area contributed by atoms with Crippen LogP contribution < -0.4 is 10.6 Å². The number of carbonyl (C=O) groups excluding carboxylic acids is 1. The van der Waals surface area contributed by atoms with Gasteiger partial charge in [0.1, 0.15) is 0 Å². The number of hydrogen-bond donors (Lipinski definition) is 2. The maximum Gasteiger partial charge on any atom is 0.254 e. The Morgan fingerprint density at radius 3 is 2.94 bits per heavy atom. The number of halogens is 1. The normalized spacial score (nSPS) is 10.2. The van der Waals surface area contributed by atoms with Gasteiger partial charge in [0.15, 0.2) is 11.6 Å². The van der Waals surface area contributed by atoms with E-state index in [4.69, 9.17) is 4.74 Å². The van der Waals surface area contributed by atoms with Crippen LogP contribution in [0.25, 0.3) is 0 Å². The molecule has 0 aliphatic carbocycles. The number of aromatic nitrogens is 1. The molecule has 1 aromatic heterocycles. The first-order valence-corrected chi connectivity index (χ1v) is 5.86. The van der Waals surface area contributed by atoms with E-state index >= 15 is 0 Å². The maximum absolute atomic E-state index is 13.9. The van der Waals surface area contributed by atoms with Crippen LogP contribution in [0.4, 0.5) is 10.2 Å². The summed E-state index contributed by atoms with van der Waals surface area (Å²) in [4.78, 5) is 15.6. The summed E-state index contributed by atoms with van der Waals surface area (Å²) in [6, 6.07) is 1.36. The average molecular weight is 255 g/mol. The summed E-state index contributed by atoms with van der Waals surface area (Å²) in [6.07, 6.45) is 2.26. The summed E-state index contributed by atoms with van der Waals surface area (Å²) in [6.45, 7) is 3.30.